The first-order valence-electron chi connectivity index (χ1n) is 6.90. The van der Waals surface area contributed by atoms with Crippen LogP contribution < -0.4 is 0 Å². The van der Waals surface area contributed by atoms with Crippen LogP contribution in [0.3, 0.4) is 0 Å². The van der Waals surface area contributed by atoms with Gasteiger partial charge in [-0.1, -0.05) is 11.8 Å². The molecule has 1 atom stereocenters. The molecule has 1 heterocycles. The topological polar surface area (TPSA) is 26.7 Å². The molecule has 1 unspecified atom stereocenters. The first-order chi connectivity index (χ1) is 9.58. The molecule has 1 saturated heterocycles. The molecule has 4 heteroatoms. The summed E-state index contributed by atoms with van der Waals surface area (Å²) in [5, 5.41) is 8.71. The van der Waals surface area contributed by atoms with Crippen LogP contribution >= 0.6 is 0 Å². The van der Waals surface area contributed by atoms with E-state index in [1.54, 1.807) is 6.07 Å². The van der Waals surface area contributed by atoms with Crippen LogP contribution in [0, 0.1) is 17.7 Å². The quantitative estimate of drug-likeness (QED) is 0.825. The molecule has 3 nitrogen and oxygen atoms in total. The number of aliphatic hydroxyl groups excluding tert-OH is 1. The Hall–Kier alpha value is -1.41. The number of hydrogen-bond donors (Lipinski definition) is 1. The smallest absolute Gasteiger partial charge is 0.124 e. The van der Waals surface area contributed by atoms with Crippen molar-refractivity contribution in [1.82, 2.24) is 9.80 Å². The van der Waals surface area contributed by atoms with E-state index in [1.165, 1.54) is 6.07 Å². The summed E-state index contributed by atoms with van der Waals surface area (Å²) in [5.41, 5.74) is 1.56. The number of piperazine rings is 1. The molecule has 1 aliphatic rings. The van der Waals surface area contributed by atoms with Crippen LogP contribution in [0.4, 0.5) is 4.39 Å². The molecule has 1 aromatic carbocycles. The summed E-state index contributed by atoms with van der Waals surface area (Å²) in [7, 11) is 2.12. The fraction of sp³-hybridized carbons (Fsp3) is 0.500. The van der Waals surface area contributed by atoms with E-state index in [9.17, 15) is 4.39 Å². The zero-order valence-corrected chi connectivity index (χ0v) is 12.1. The Morgan fingerprint density at radius 2 is 2.15 bits per heavy atom. The van der Waals surface area contributed by atoms with Gasteiger partial charge in [0.05, 0.1) is 0 Å². The second-order valence-electron chi connectivity index (χ2n) is 5.39. The lowest BCUT2D eigenvalue weighted by Gasteiger charge is -2.38. The number of benzene rings is 1. The van der Waals surface area contributed by atoms with Gasteiger partial charge in [0.2, 0.25) is 0 Å². The normalized spacial score (nSPS) is 20.5. The van der Waals surface area contributed by atoms with E-state index in [0.29, 0.717) is 11.6 Å². The molecule has 1 N–H and O–H groups in total. The van der Waals surface area contributed by atoms with Gasteiger partial charge in [-0.3, -0.25) is 4.90 Å². The first-order valence-corrected chi connectivity index (χ1v) is 6.90. The SMILES string of the molecule is CC1CN(C)CCN1Cc1cc(F)cc(C#CCO)c1. The highest BCUT2D eigenvalue weighted by molar-refractivity contribution is 5.37. The van der Waals surface area contributed by atoms with Gasteiger partial charge in [0, 0.05) is 37.8 Å². The molecule has 0 saturated carbocycles. The van der Waals surface area contributed by atoms with Gasteiger partial charge >= 0.3 is 0 Å². The first kappa shape index (κ1) is 15.0. The molecule has 0 aliphatic carbocycles. The Morgan fingerprint density at radius 1 is 1.35 bits per heavy atom. The molecule has 1 aromatic rings. The van der Waals surface area contributed by atoms with Crippen LogP contribution in [0.5, 0.6) is 0 Å². The predicted octanol–water partition coefficient (Wildman–Crippen LogP) is 1.31. The van der Waals surface area contributed by atoms with Gasteiger partial charge in [-0.05, 0) is 37.7 Å². The summed E-state index contributed by atoms with van der Waals surface area (Å²) in [4.78, 5) is 4.67. The molecule has 20 heavy (non-hydrogen) atoms. The van der Waals surface area contributed by atoms with Crippen molar-refractivity contribution in [3.8, 4) is 11.8 Å². The molecule has 108 valence electrons. The molecule has 2 rings (SSSR count). The molecule has 0 spiro atoms. The van der Waals surface area contributed by atoms with E-state index in [-0.39, 0.29) is 12.4 Å². The molecule has 0 amide bonds. The molecule has 0 bridgehead atoms. The Kier molecular flexibility index (Phi) is 5.13. The Morgan fingerprint density at radius 3 is 2.85 bits per heavy atom. The van der Waals surface area contributed by atoms with Gasteiger partial charge in [0.15, 0.2) is 0 Å². The lowest BCUT2D eigenvalue weighted by molar-refractivity contribution is 0.0937. The lowest BCUT2D eigenvalue weighted by Crippen LogP contribution is -2.49. The molecular formula is C16H21FN2O. The second kappa shape index (κ2) is 6.85. The molecule has 1 fully saturated rings. The molecular weight excluding hydrogens is 255 g/mol. The van der Waals surface area contributed by atoms with Crippen LogP contribution in [0.25, 0.3) is 0 Å². The Balaban J connectivity index is 2.10. The zero-order valence-electron chi connectivity index (χ0n) is 12.1. The fourth-order valence-electron chi connectivity index (χ4n) is 2.60. The summed E-state index contributed by atoms with van der Waals surface area (Å²) in [6.07, 6.45) is 0. The van der Waals surface area contributed by atoms with Crippen LogP contribution in [0.15, 0.2) is 18.2 Å². The van der Waals surface area contributed by atoms with Gasteiger partial charge < -0.3 is 10.0 Å². The van der Waals surface area contributed by atoms with E-state index < -0.39 is 0 Å². The second-order valence-corrected chi connectivity index (χ2v) is 5.39. The molecule has 0 aromatic heterocycles. The predicted molar refractivity (Wildman–Crippen MR) is 77.7 cm³/mol. The highest BCUT2D eigenvalue weighted by atomic mass is 19.1. The fourth-order valence-corrected chi connectivity index (χ4v) is 2.60. The van der Waals surface area contributed by atoms with Crippen LogP contribution in [0.2, 0.25) is 0 Å². The highest BCUT2D eigenvalue weighted by Gasteiger charge is 2.21. The third kappa shape index (κ3) is 4.04. The van der Waals surface area contributed by atoms with Gasteiger partial charge in [0.25, 0.3) is 0 Å². The van der Waals surface area contributed by atoms with Crippen LogP contribution in [-0.2, 0) is 6.54 Å². The van der Waals surface area contributed by atoms with E-state index in [0.717, 1.165) is 31.7 Å². The largest absolute Gasteiger partial charge is 0.384 e. The molecule has 1 aliphatic heterocycles. The van der Waals surface area contributed by atoms with Gasteiger partial charge in [-0.25, -0.2) is 4.39 Å². The monoisotopic (exact) mass is 276 g/mol. The number of rotatable bonds is 2. The number of halogens is 1. The summed E-state index contributed by atoms with van der Waals surface area (Å²) in [5.74, 6) is 5.05. The van der Waals surface area contributed by atoms with Crippen molar-refractivity contribution in [2.24, 2.45) is 0 Å². The van der Waals surface area contributed by atoms with Crippen molar-refractivity contribution in [3.63, 3.8) is 0 Å². The van der Waals surface area contributed by atoms with E-state index in [2.05, 4.69) is 35.6 Å². The van der Waals surface area contributed by atoms with Crippen LogP contribution in [0.1, 0.15) is 18.1 Å². The van der Waals surface area contributed by atoms with E-state index >= 15 is 0 Å². The van der Waals surface area contributed by atoms with Crippen LogP contribution in [-0.4, -0.2) is 54.2 Å². The van der Waals surface area contributed by atoms with E-state index in [1.807, 2.05) is 6.07 Å². The summed E-state index contributed by atoms with van der Waals surface area (Å²) >= 11 is 0. The maximum Gasteiger partial charge on any atom is 0.124 e. The summed E-state index contributed by atoms with van der Waals surface area (Å²) in [6.45, 7) is 5.79. The van der Waals surface area contributed by atoms with Crippen molar-refractivity contribution in [2.45, 2.75) is 19.5 Å². The zero-order chi connectivity index (χ0) is 14.5. The summed E-state index contributed by atoms with van der Waals surface area (Å²) < 4.78 is 13.6. The standard InChI is InChI=1S/C16H21FN2O/c1-13-11-18(2)5-6-19(13)12-15-8-14(4-3-7-20)9-16(17)10-15/h8-10,13,20H,5-7,11-12H2,1-2H3. The average Bonchev–Trinajstić information content (AvgIpc) is 2.39. The van der Waals surface area contributed by atoms with Crippen molar-refractivity contribution < 1.29 is 9.50 Å². The number of hydrogen-bond acceptors (Lipinski definition) is 3. The minimum atomic E-state index is -0.272. The maximum absolute atomic E-state index is 13.6. The summed E-state index contributed by atoms with van der Waals surface area (Å²) in [6, 6.07) is 5.33. The van der Waals surface area contributed by atoms with Crippen molar-refractivity contribution in [1.29, 1.82) is 0 Å². The number of nitrogens with zero attached hydrogens (tertiary/aromatic N) is 2. The Labute approximate surface area is 120 Å². The number of likely N-dealkylation sites (N-methyl/N-ethyl adjacent to an activating group) is 1. The molecule has 0 radical (unpaired) electrons. The maximum atomic E-state index is 13.6. The highest BCUT2D eigenvalue weighted by Crippen LogP contribution is 2.15. The van der Waals surface area contributed by atoms with Gasteiger partial charge in [-0.15, -0.1) is 0 Å². The third-order valence-electron chi connectivity index (χ3n) is 3.62. The lowest BCUT2D eigenvalue weighted by atomic mass is 10.1. The minimum Gasteiger partial charge on any atom is -0.384 e. The number of aliphatic hydroxyl groups is 1. The minimum absolute atomic E-state index is 0.207. The van der Waals surface area contributed by atoms with E-state index in [4.69, 9.17) is 5.11 Å². The van der Waals surface area contributed by atoms with Gasteiger partial charge in [-0.2, -0.15) is 0 Å². The van der Waals surface area contributed by atoms with Crippen molar-refractivity contribution >= 4 is 0 Å². The average molecular weight is 276 g/mol. The van der Waals surface area contributed by atoms with Crippen molar-refractivity contribution in [2.75, 3.05) is 33.3 Å². The van der Waals surface area contributed by atoms with Crippen molar-refractivity contribution in [3.05, 3.63) is 35.1 Å². The Bertz CT molecular complexity index is 521. The third-order valence-corrected chi connectivity index (χ3v) is 3.62. The van der Waals surface area contributed by atoms with Gasteiger partial charge in [0.1, 0.15) is 12.4 Å².